The van der Waals surface area contributed by atoms with Crippen molar-refractivity contribution < 1.29 is 0 Å². The second-order valence-corrected chi connectivity index (χ2v) is 14.8. The van der Waals surface area contributed by atoms with E-state index in [1.165, 1.54) is 65.7 Å². The lowest BCUT2D eigenvalue weighted by Gasteiger charge is -2.34. The summed E-state index contributed by atoms with van der Waals surface area (Å²) in [5.41, 5.74) is 13.0. The zero-order valence-corrected chi connectivity index (χ0v) is 30.4. The molecule has 0 spiro atoms. The highest BCUT2D eigenvalue weighted by Crippen LogP contribution is 2.60. The minimum atomic E-state index is -0.547. The van der Waals surface area contributed by atoms with Crippen LogP contribution < -0.4 is 0 Å². The number of aromatic nitrogens is 3. The predicted octanol–water partition coefficient (Wildman–Crippen LogP) is 13.1. The monoisotopic (exact) mass is 711 g/mol. The molecule has 0 amide bonds. The Bertz CT molecular complexity index is 3310. The first kappa shape index (κ1) is 31.0. The Morgan fingerprint density at radius 3 is 1.64 bits per heavy atom. The average Bonchev–Trinajstić information content (AvgIpc) is 3.78. The number of fused-ring (bicyclic) bond motifs is 12. The molecule has 11 aromatic rings. The molecule has 3 heteroatoms. The lowest BCUT2D eigenvalue weighted by molar-refractivity contribution is 0.769. The number of hydrogen-bond acceptors (Lipinski definition) is 2. The number of rotatable bonds is 4. The van der Waals surface area contributed by atoms with Crippen molar-refractivity contribution in [1.29, 1.82) is 0 Å². The van der Waals surface area contributed by atoms with Gasteiger partial charge in [-0.1, -0.05) is 182 Å². The molecule has 260 valence electrons. The number of para-hydroxylation sites is 2. The molecule has 0 saturated heterocycles. The Morgan fingerprint density at radius 2 is 0.929 bits per heavy atom. The van der Waals surface area contributed by atoms with Crippen molar-refractivity contribution in [3.05, 3.63) is 222 Å². The van der Waals surface area contributed by atoms with Gasteiger partial charge in [0, 0.05) is 21.7 Å². The third-order valence-corrected chi connectivity index (χ3v) is 12.0. The SMILES string of the molecule is c1ccc(-c2nc3ccccc3nc2-n2c3ccc4c(c3c3ccc5ccccc5c32)-c2c(ccc3ccccc23)C4(c2ccccc2)c2ccccc2)cc1. The van der Waals surface area contributed by atoms with E-state index in [0.717, 1.165) is 39.1 Å². The Hall–Kier alpha value is -7.36. The highest BCUT2D eigenvalue weighted by atomic mass is 15.1. The molecule has 0 fully saturated rings. The number of nitrogens with zero attached hydrogens (tertiary/aromatic N) is 3. The van der Waals surface area contributed by atoms with Crippen molar-refractivity contribution in [3.63, 3.8) is 0 Å². The summed E-state index contributed by atoms with van der Waals surface area (Å²) in [5, 5.41) is 7.27. The van der Waals surface area contributed by atoms with Crippen molar-refractivity contribution >= 4 is 54.4 Å². The van der Waals surface area contributed by atoms with Crippen molar-refractivity contribution in [3.8, 4) is 28.2 Å². The van der Waals surface area contributed by atoms with Crippen molar-refractivity contribution in [1.82, 2.24) is 14.5 Å². The molecule has 2 heterocycles. The van der Waals surface area contributed by atoms with E-state index < -0.39 is 5.41 Å². The Kier molecular flexibility index (Phi) is 6.55. The van der Waals surface area contributed by atoms with Crippen LogP contribution in [0.15, 0.2) is 200 Å². The lowest BCUT2D eigenvalue weighted by Crippen LogP contribution is -2.28. The highest BCUT2D eigenvalue weighted by molar-refractivity contribution is 6.25. The first-order valence-corrected chi connectivity index (χ1v) is 19.3. The molecule has 0 aliphatic heterocycles. The second-order valence-electron chi connectivity index (χ2n) is 14.8. The van der Waals surface area contributed by atoms with Gasteiger partial charge in [-0.05, 0) is 67.7 Å². The van der Waals surface area contributed by atoms with E-state index >= 15 is 0 Å². The van der Waals surface area contributed by atoms with E-state index in [-0.39, 0.29) is 0 Å². The van der Waals surface area contributed by atoms with Gasteiger partial charge in [0.15, 0.2) is 5.82 Å². The third kappa shape index (κ3) is 4.17. The van der Waals surface area contributed by atoms with Crippen LogP contribution in [0.5, 0.6) is 0 Å². The van der Waals surface area contributed by atoms with Gasteiger partial charge in [0.2, 0.25) is 0 Å². The summed E-state index contributed by atoms with van der Waals surface area (Å²) in [6.45, 7) is 0. The summed E-state index contributed by atoms with van der Waals surface area (Å²) in [7, 11) is 0. The summed E-state index contributed by atoms with van der Waals surface area (Å²) in [6, 6.07) is 72.6. The molecule has 2 aromatic heterocycles. The van der Waals surface area contributed by atoms with Gasteiger partial charge in [-0.15, -0.1) is 0 Å². The Balaban J connectivity index is 1.33. The minimum absolute atomic E-state index is 0.547. The fourth-order valence-electron chi connectivity index (χ4n) is 9.76. The molecular weight excluding hydrogens is 679 g/mol. The van der Waals surface area contributed by atoms with Gasteiger partial charge >= 0.3 is 0 Å². The first-order valence-electron chi connectivity index (χ1n) is 19.3. The third-order valence-electron chi connectivity index (χ3n) is 12.0. The highest BCUT2D eigenvalue weighted by Gasteiger charge is 2.48. The molecule has 0 unspecified atom stereocenters. The van der Waals surface area contributed by atoms with Crippen LogP contribution in [0.2, 0.25) is 0 Å². The van der Waals surface area contributed by atoms with Gasteiger partial charge in [0.05, 0.1) is 27.5 Å². The summed E-state index contributed by atoms with van der Waals surface area (Å²) in [6.07, 6.45) is 0. The van der Waals surface area contributed by atoms with Crippen molar-refractivity contribution in [2.75, 3.05) is 0 Å². The first-order chi connectivity index (χ1) is 27.8. The van der Waals surface area contributed by atoms with Gasteiger partial charge in [-0.3, -0.25) is 4.57 Å². The van der Waals surface area contributed by atoms with Crippen LogP contribution in [0.25, 0.3) is 82.6 Å². The molecule has 0 bridgehead atoms. The van der Waals surface area contributed by atoms with Crippen LogP contribution in [0.3, 0.4) is 0 Å². The van der Waals surface area contributed by atoms with Crippen LogP contribution >= 0.6 is 0 Å². The molecule has 0 saturated carbocycles. The standard InChI is InChI=1S/C53H33N3/c1-4-18-36(19-5-1)50-52(55-45-27-15-14-26-44(45)54-50)56-46-33-32-43-49(48(46)41-30-28-35-17-11-13-25-40(35)51(41)56)47-39-24-12-10-16-34(39)29-31-42(47)53(43,37-20-6-2-7-21-37)38-22-8-3-9-23-38/h1-33H. The van der Waals surface area contributed by atoms with Crippen LogP contribution in [-0.4, -0.2) is 14.5 Å². The smallest absolute Gasteiger partial charge is 0.165 e. The van der Waals surface area contributed by atoms with Crippen LogP contribution in [-0.2, 0) is 5.41 Å². The van der Waals surface area contributed by atoms with E-state index in [2.05, 4.69) is 193 Å². The molecule has 3 nitrogen and oxygen atoms in total. The van der Waals surface area contributed by atoms with E-state index in [9.17, 15) is 0 Å². The summed E-state index contributed by atoms with van der Waals surface area (Å²) in [5.74, 6) is 0.819. The predicted molar refractivity (Wildman–Crippen MR) is 232 cm³/mol. The van der Waals surface area contributed by atoms with Gasteiger partial charge in [0.1, 0.15) is 5.69 Å². The Morgan fingerprint density at radius 1 is 0.393 bits per heavy atom. The lowest BCUT2D eigenvalue weighted by atomic mass is 9.67. The molecule has 1 aliphatic rings. The largest absolute Gasteiger partial charge is 0.291 e. The molecule has 9 aromatic carbocycles. The number of benzene rings is 9. The van der Waals surface area contributed by atoms with Crippen LogP contribution in [0, 0.1) is 0 Å². The van der Waals surface area contributed by atoms with Crippen LogP contribution in [0.1, 0.15) is 22.3 Å². The molecule has 1 aliphatic carbocycles. The van der Waals surface area contributed by atoms with Gasteiger partial charge in [-0.2, -0.15) is 0 Å². The molecule has 0 radical (unpaired) electrons. The maximum absolute atomic E-state index is 5.51. The molecular formula is C53H33N3. The van der Waals surface area contributed by atoms with E-state index in [1.807, 2.05) is 12.1 Å². The maximum Gasteiger partial charge on any atom is 0.165 e. The molecule has 0 N–H and O–H groups in total. The number of hydrogen-bond donors (Lipinski definition) is 0. The maximum atomic E-state index is 5.51. The zero-order chi connectivity index (χ0) is 36.8. The quantitative estimate of drug-likeness (QED) is 0.182. The average molecular weight is 712 g/mol. The topological polar surface area (TPSA) is 30.7 Å². The summed E-state index contributed by atoms with van der Waals surface area (Å²) < 4.78 is 2.41. The van der Waals surface area contributed by atoms with E-state index in [0.29, 0.717) is 0 Å². The van der Waals surface area contributed by atoms with Gasteiger partial charge < -0.3 is 0 Å². The summed E-state index contributed by atoms with van der Waals surface area (Å²) >= 11 is 0. The van der Waals surface area contributed by atoms with Crippen molar-refractivity contribution in [2.45, 2.75) is 5.41 Å². The van der Waals surface area contributed by atoms with Gasteiger partial charge in [0.25, 0.3) is 0 Å². The fraction of sp³-hybridized carbons (Fsp3) is 0.0189. The minimum Gasteiger partial charge on any atom is -0.291 e. The Labute approximate surface area is 323 Å². The molecule has 12 rings (SSSR count). The van der Waals surface area contributed by atoms with Gasteiger partial charge in [-0.25, -0.2) is 9.97 Å². The fourth-order valence-corrected chi connectivity index (χ4v) is 9.76. The normalized spacial score (nSPS) is 13.1. The zero-order valence-electron chi connectivity index (χ0n) is 30.4. The van der Waals surface area contributed by atoms with E-state index in [1.54, 1.807) is 0 Å². The second kappa shape index (κ2) is 11.8. The summed E-state index contributed by atoms with van der Waals surface area (Å²) in [4.78, 5) is 10.9. The molecule has 0 atom stereocenters. The molecule has 56 heavy (non-hydrogen) atoms. The van der Waals surface area contributed by atoms with E-state index in [4.69, 9.17) is 9.97 Å². The van der Waals surface area contributed by atoms with Crippen molar-refractivity contribution in [2.24, 2.45) is 0 Å². The van der Waals surface area contributed by atoms with Crippen LogP contribution in [0.4, 0.5) is 0 Å².